The zero-order valence-electron chi connectivity index (χ0n) is 20.1. The number of nitrogens with zero attached hydrogens (tertiary/aromatic N) is 3. The number of ether oxygens (including phenoxy) is 1. The molecule has 1 fully saturated rings. The largest absolute Gasteiger partial charge is 0.522 e. The summed E-state index contributed by atoms with van der Waals surface area (Å²) in [5.74, 6) is -5.85. The van der Waals surface area contributed by atoms with Crippen LogP contribution >= 0.6 is 0 Å². The van der Waals surface area contributed by atoms with E-state index in [2.05, 4.69) is 15.0 Å². The highest BCUT2D eigenvalue weighted by atomic mass is 19.4. The lowest BCUT2D eigenvalue weighted by Crippen LogP contribution is -2.41. The molecular formula is C24H20F6N4O5. The molecule has 9 nitrogen and oxygen atoms in total. The van der Waals surface area contributed by atoms with Gasteiger partial charge in [-0.2, -0.15) is 0 Å². The zero-order chi connectivity index (χ0) is 28.6. The van der Waals surface area contributed by atoms with Crippen molar-refractivity contribution in [3.63, 3.8) is 0 Å². The van der Waals surface area contributed by atoms with E-state index in [4.69, 9.17) is 0 Å². The number of hydrogen-bond donors (Lipinski definition) is 2. The summed E-state index contributed by atoms with van der Waals surface area (Å²) >= 11 is 0. The lowest BCUT2D eigenvalue weighted by Gasteiger charge is -2.20. The molecule has 4 rings (SSSR count). The summed E-state index contributed by atoms with van der Waals surface area (Å²) in [6.07, 6.45) is -5.48. The monoisotopic (exact) mass is 558 g/mol. The Morgan fingerprint density at radius 1 is 1.21 bits per heavy atom. The maximum atomic E-state index is 14.8. The van der Waals surface area contributed by atoms with Crippen molar-refractivity contribution in [1.82, 2.24) is 14.9 Å². The second-order valence-electron chi connectivity index (χ2n) is 8.70. The van der Waals surface area contributed by atoms with Crippen LogP contribution in [0, 0.1) is 17.5 Å². The fourth-order valence-electron chi connectivity index (χ4n) is 4.07. The molecule has 1 aliphatic heterocycles. The highest BCUT2D eigenvalue weighted by Gasteiger charge is 2.32. The molecule has 2 N–H and O–H groups in total. The number of benzene rings is 1. The van der Waals surface area contributed by atoms with Crippen LogP contribution in [0.4, 0.5) is 32.2 Å². The molecule has 3 heterocycles. The number of hydrogen-bond acceptors (Lipinski definition) is 6. The number of aliphatic hydroxyl groups excluding tert-OH is 1. The third kappa shape index (κ3) is 5.88. The van der Waals surface area contributed by atoms with Crippen molar-refractivity contribution >= 4 is 28.7 Å². The average Bonchev–Trinajstić information content (AvgIpc) is 3.19. The van der Waals surface area contributed by atoms with Crippen LogP contribution in [0.1, 0.15) is 30.1 Å². The number of pyridine rings is 2. The fraction of sp³-hybridized carbons (Fsp3) is 0.333. The van der Waals surface area contributed by atoms with Crippen LogP contribution in [-0.4, -0.2) is 58.1 Å². The molecule has 2 amide bonds. The minimum absolute atomic E-state index is 0.0224. The first kappa shape index (κ1) is 28.0. The second kappa shape index (κ2) is 10.6. The second-order valence-corrected chi connectivity index (χ2v) is 8.70. The van der Waals surface area contributed by atoms with Crippen molar-refractivity contribution in [2.75, 3.05) is 18.1 Å². The van der Waals surface area contributed by atoms with Gasteiger partial charge in [-0.15, -0.1) is 13.2 Å². The van der Waals surface area contributed by atoms with E-state index in [1.807, 2.05) is 0 Å². The number of anilines is 1. The van der Waals surface area contributed by atoms with Gasteiger partial charge in [0.05, 0.1) is 37.1 Å². The van der Waals surface area contributed by atoms with Gasteiger partial charge in [0.15, 0.2) is 17.3 Å². The smallest absolute Gasteiger partial charge is 0.391 e. The van der Waals surface area contributed by atoms with E-state index in [1.54, 1.807) is 0 Å². The van der Waals surface area contributed by atoms with E-state index in [9.17, 15) is 45.8 Å². The summed E-state index contributed by atoms with van der Waals surface area (Å²) < 4.78 is 85.0. The number of halogens is 6. The molecule has 39 heavy (non-hydrogen) atoms. The van der Waals surface area contributed by atoms with Gasteiger partial charge < -0.3 is 10.4 Å². The van der Waals surface area contributed by atoms with Crippen molar-refractivity contribution in [1.29, 1.82) is 0 Å². The van der Waals surface area contributed by atoms with Crippen LogP contribution in [0.3, 0.4) is 0 Å². The van der Waals surface area contributed by atoms with E-state index in [-0.39, 0.29) is 30.6 Å². The molecular weight excluding hydrogens is 538 g/mol. The number of alkyl halides is 3. The lowest BCUT2D eigenvalue weighted by molar-refractivity contribution is -0.326. The Kier molecular flexibility index (Phi) is 7.66. The van der Waals surface area contributed by atoms with Crippen molar-refractivity contribution in [2.24, 2.45) is 0 Å². The number of β-amino-alcohol motifs (C(OH)–C–C–N with tert-alkyl or cyclic N) is 1. The summed E-state index contributed by atoms with van der Waals surface area (Å²) in [6.45, 7) is 0.351. The molecule has 0 spiro atoms. The van der Waals surface area contributed by atoms with Crippen molar-refractivity contribution in [3.8, 4) is 5.69 Å². The van der Waals surface area contributed by atoms with Crippen LogP contribution in [0.5, 0.6) is 0 Å². The summed E-state index contributed by atoms with van der Waals surface area (Å²) in [7, 11) is 0. The maximum absolute atomic E-state index is 14.8. The Morgan fingerprint density at radius 3 is 2.44 bits per heavy atom. The molecule has 0 aliphatic carbocycles. The minimum Gasteiger partial charge on any atom is -0.391 e. The predicted molar refractivity (Wildman–Crippen MR) is 124 cm³/mol. The van der Waals surface area contributed by atoms with Crippen LogP contribution in [-0.2, 0) is 9.53 Å². The first-order chi connectivity index (χ1) is 18.3. The Morgan fingerprint density at radius 2 is 1.87 bits per heavy atom. The van der Waals surface area contributed by atoms with Gasteiger partial charge in [-0.25, -0.2) is 18.2 Å². The first-order valence-electron chi connectivity index (χ1n) is 11.5. The number of carbonyl (C=O) groups is 2. The summed E-state index contributed by atoms with van der Waals surface area (Å²) in [5, 5.41) is 11.7. The van der Waals surface area contributed by atoms with Gasteiger partial charge in [0.1, 0.15) is 22.9 Å². The van der Waals surface area contributed by atoms with Crippen LogP contribution < -0.4 is 15.6 Å². The average molecular weight is 558 g/mol. The normalized spacial score (nSPS) is 16.7. The lowest BCUT2D eigenvalue weighted by atomic mass is 10.1. The number of carbonyl (C=O) groups excluding carboxylic acids is 2. The Labute approximate surface area is 215 Å². The van der Waals surface area contributed by atoms with Crippen molar-refractivity contribution in [2.45, 2.75) is 38.3 Å². The van der Waals surface area contributed by atoms with Gasteiger partial charge in [0.25, 0.3) is 5.91 Å². The van der Waals surface area contributed by atoms with Crippen LogP contribution in [0.15, 0.2) is 35.3 Å². The van der Waals surface area contributed by atoms with Gasteiger partial charge >= 0.3 is 6.36 Å². The molecule has 15 heteroatoms. The van der Waals surface area contributed by atoms with E-state index < -0.39 is 76.7 Å². The molecule has 2 aromatic heterocycles. The van der Waals surface area contributed by atoms with E-state index in [0.717, 1.165) is 11.0 Å². The van der Waals surface area contributed by atoms with Gasteiger partial charge in [-0.1, -0.05) is 6.92 Å². The van der Waals surface area contributed by atoms with E-state index >= 15 is 0 Å². The van der Waals surface area contributed by atoms with Gasteiger partial charge in [0.2, 0.25) is 11.3 Å². The van der Waals surface area contributed by atoms with Gasteiger partial charge in [-0.3, -0.25) is 28.6 Å². The highest BCUT2D eigenvalue weighted by Crippen LogP contribution is 2.27. The number of aliphatic hydroxyl groups is 1. The summed E-state index contributed by atoms with van der Waals surface area (Å²) in [4.78, 5) is 43.7. The summed E-state index contributed by atoms with van der Waals surface area (Å²) in [6, 6.07) is 1.88. The van der Waals surface area contributed by atoms with E-state index in [0.29, 0.717) is 22.9 Å². The molecule has 2 atom stereocenters. The predicted octanol–water partition coefficient (Wildman–Crippen LogP) is 2.95. The SMILES string of the molecule is CCC(COC(F)(F)F)NC(=O)c1cn(-c2c(F)cc(F)cc2F)c2nc(N3C[C@@H](O)CC3=O)ccc2c1=O. The topological polar surface area (TPSA) is 114 Å². The third-order valence-corrected chi connectivity index (χ3v) is 5.96. The van der Waals surface area contributed by atoms with Gasteiger partial charge in [-0.05, 0) is 18.6 Å². The standard InChI is InChI=1S/C24H20F6N4O5/c1-2-12(10-39-24(28,29)30)31-23(38)15-9-34(20-16(26)5-11(25)6-17(20)27)22-14(21(15)37)3-4-18(32-22)33-8-13(35)7-19(33)36/h3-6,9,12-13,35H,2,7-8,10H2,1H3,(H,31,38)/t12?,13-/m0/s1. The molecule has 1 aromatic carbocycles. The molecule has 208 valence electrons. The number of nitrogens with one attached hydrogen (secondary N) is 1. The molecule has 3 aromatic rings. The number of aromatic nitrogens is 2. The Bertz CT molecular complexity index is 1490. The van der Waals surface area contributed by atoms with E-state index in [1.165, 1.54) is 13.0 Å². The number of rotatable bonds is 7. The molecule has 1 unspecified atom stereocenters. The van der Waals surface area contributed by atoms with Crippen LogP contribution in [0.25, 0.3) is 16.7 Å². The molecule has 0 radical (unpaired) electrons. The zero-order valence-corrected chi connectivity index (χ0v) is 20.1. The molecule has 0 saturated carbocycles. The Balaban J connectivity index is 1.87. The van der Waals surface area contributed by atoms with Crippen molar-refractivity contribution < 1.29 is 45.8 Å². The maximum Gasteiger partial charge on any atom is 0.522 e. The highest BCUT2D eigenvalue weighted by molar-refractivity contribution is 5.99. The third-order valence-electron chi connectivity index (χ3n) is 5.96. The molecule has 1 aliphatic rings. The quantitative estimate of drug-likeness (QED) is 0.432. The number of fused-ring (bicyclic) bond motifs is 1. The fourth-order valence-corrected chi connectivity index (χ4v) is 4.07. The van der Waals surface area contributed by atoms with Gasteiger partial charge in [0, 0.05) is 18.3 Å². The van der Waals surface area contributed by atoms with Crippen molar-refractivity contribution in [3.05, 3.63) is 63.7 Å². The first-order valence-corrected chi connectivity index (χ1v) is 11.5. The molecule has 1 saturated heterocycles. The Hall–Kier alpha value is -3.98. The minimum atomic E-state index is -4.97. The molecule has 0 bridgehead atoms. The number of amides is 2. The summed E-state index contributed by atoms with van der Waals surface area (Å²) in [5.41, 5.74) is -3.03. The van der Waals surface area contributed by atoms with Crippen LogP contribution in [0.2, 0.25) is 0 Å².